The number of para-hydroxylation sites is 1. The van der Waals surface area contributed by atoms with Crippen LogP contribution in [-0.4, -0.2) is 56.8 Å². The summed E-state index contributed by atoms with van der Waals surface area (Å²) >= 11 is 6.23. The van der Waals surface area contributed by atoms with Gasteiger partial charge in [-0.1, -0.05) is 48.9 Å². The van der Waals surface area contributed by atoms with Crippen LogP contribution >= 0.6 is 11.6 Å². The van der Waals surface area contributed by atoms with Crippen molar-refractivity contribution in [2.75, 3.05) is 31.1 Å². The van der Waals surface area contributed by atoms with Crippen molar-refractivity contribution >= 4 is 28.8 Å². The van der Waals surface area contributed by atoms with Gasteiger partial charge in [-0.05, 0) is 43.2 Å². The van der Waals surface area contributed by atoms with Crippen LogP contribution in [0.1, 0.15) is 28.8 Å². The van der Waals surface area contributed by atoms with Crippen molar-refractivity contribution < 1.29 is 4.79 Å². The smallest absolute Gasteiger partial charge is 0.276 e. The lowest BCUT2D eigenvalue weighted by Crippen LogP contribution is -2.49. The molecule has 1 saturated heterocycles. The molecule has 1 fully saturated rings. The van der Waals surface area contributed by atoms with Crippen LogP contribution < -0.4 is 4.90 Å². The Hall–Kier alpha value is -3.45. The van der Waals surface area contributed by atoms with Crippen LogP contribution in [-0.2, 0) is 6.42 Å². The van der Waals surface area contributed by atoms with Gasteiger partial charge in [-0.15, -0.1) is 10.2 Å². The summed E-state index contributed by atoms with van der Waals surface area (Å²) in [5.41, 5.74) is 5.61. The van der Waals surface area contributed by atoms with E-state index >= 15 is 0 Å². The fourth-order valence-corrected chi connectivity index (χ4v) is 4.58. The van der Waals surface area contributed by atoms with Crippen molar-refractivity contribution in [3.05, 3.63) is 76.7 Å². The molecule has 3 heterocycles. The van der Waals surface area contributed by atoms with Gasteiger partial charge >= 0.3 is 0 Å². The largest absolute Gasteiger partial charge is 0.368 e. The fraction of sp³-hybridized carbons (Fsp3) is 0.280. The van der Waals surface area contributed by atoms with E-state index < -0.39 is 0 Å². The van der Waals surface area contributed by atoms with Gasteiger partial charge in [0.1, 0.15) is 0 Å². The van der Waals surface area contributed by atoms with E-state index in [2.05, 4.69) is 34.2 Å². The number of anilines is 1. The third kappa shape index (κ3) is 3.93. The van der Waals surface area contributed by atoms with E-state index in [4.69, 9.17) is 16.7 Å². The number of hydrogen-bond donors (Lipinski definition) is 0. The summed E-state index contributed by atoms with van der Waals surface area (Å²) in [5.74, 6) is -0.104. The highest BCUT2D eigenvalue weighted by molar-refractivity contribution is 6.30. The fourth-order valence-electron chi connectivity index (χ4n) is 4.39. The van der Waals surface area contributed by atoms with Gasteiger partial charge in [0.25, 0.3) is 5.91 Å². The second-order valence-corrected chi connectivity index (χ2v) is 8.61. The molecule has 8 heteroatoms. The Morgan fingerprint density at radius 1 is 1.00 bits per heavy atom. The lowest BCUT2D eigenvalue weighted by Gasteiger charge is -2.36. The van der Waals surface area contributed by atoms with E-state index in [-0.39, 0.29) is 5.91 Å². The first-order valence-electron chi connectivity index (χ1n) is 11.2. The molecule has 1 aliphatic rings. The highest BCUT2D eigenvalue weighted by Gasteiger charge is 2.27. The summed E-state index contributed by atoms with van der Waals surface area (Å²) in [4.78, 5) is 17.5. The van der Waals surface area contributed by atoms with Crippen molar-refractivity contribution in [2.24, 2.45) is 0 Å². The average molecular weight is 461 g/mol. The molecule has 0 bridgehead atoms. The quantitative estimate of drug-likeness (QED) is 0.454. The Bertz CT molecular complexity index is 1310. The molecule has 4 aromatic rings. The third-order valence-corrected chi connectivity index (χ3v) is 6.41. The van der Waals surface area contributed by atoms with Crippen LogP contribution in [0.3, 0.4) is 0 Å². The molecule has 0 N–H and O–H groups in total. The summed E-state index contributed by atoms with van der Waals surface area (Å²) in [6.07, 6.45) is 0.732. The topological polar surface area (TPSA) is 66.6 Å². The van der Waals surface area contributed by atoms with Crippen molar-refractivity contribution in [3.8, 4) is 11.1 Å². The molecule has 33 heavy (non-hydrogen) atoms. The third-order valence-electron chi connectivity index (χ3n) is 6.18. The van der Waals surface area contributed by atoms with Crippen molar-refractivity contribution in [3.63, 3.8) is 0 Å². The number of piperazine rings is 1. The Labute approximate surface area is 197 Å². The number of halogens is 1. The molecular formula is C25H25ClN6O. The number of fused-ring (bicyclic) bond motifs is 1. The zero-order valence-electron chi connectivity index (χ0n) is 18.7. The monoisotopic (exact) mass is 460 g/mol. The van der Waals surface area contributed by atoms with Gasteiger partial charge in [0, 0.05) is 36.9 Å². The van der Waals surface area contributed by atoms with Gasteiger partial charge in [-0.25, -0.2) is 4.52 Å². The molecule has 0 spiro atoms. The highest BCUT2D eigenvalue weighted by atomic mass is 35.5. The first kappa shape index (κ1) is 21.4. The van der Waals surface area contributed by atoms with Gasteiger partial charge in [-0.2, -0.15) is 5.10 Å². The molecule has 0 saturated carbocycles. The number of aryl methyl sites for hydroxylation is 2. The van der Waals surface area contributed by atoms with E-state index in [1.54, 1.807) is 4.52 Å². The van der Waals surface area contributed by atoms with Crippen molar-refractivity contribution in [2.45, 2.75) is 20.3 Å². The Kier molecular flexibility index (Phi) is 5.72. The minimum absolute atomic E-state index is 0.104. The van der Waals surface area contributed by atoms with Crippen molar-refractivity contribution in [1.82, 2.24) is 24.7 Å². The van der Waals surface area contributed by atoms with E-state index in [0.717, 1.165) is 36.3 Å². The number of carbonyl (C=O) groups excluding carboxylic acids is 1. The second-order valence-electron chi connectivity index (χ2n) is 8.17. The van der Waals surface area contributed by atoms with Gasteiger partial charge in [0.2, 0.25) is 0 Å². The average Bonchev–Trinajstić information content (AvgIpc) is 3.24. The first-order chi connectivity index (χ1) is 16.1. The molecule has 1 aliphatic heterocycles. The molecule has 5 rings (SSSR count). The molecule has 2 aromatic heterocycles. The van der Waals surface area contributed by atoms with Gasteiger partial charge in [0.05, 0.1) is 17.0 Å². The molecule has 168 valence electrons. The maximum Gasteiger partial charge on any atom is 0.276 e. The summed E-state index contributed by atoms with van der Waals surface area (Å²) in [5, 5.41) is 14.2. The number of carbonyl (C=O) groups is 1. The maximum atomic E-state index is 13.3. The molecule has 2 aromatic carbocycles. The minimum Gasteiger partial charge on any atom is -0.368 e. The zero-order valence-corrected chi connectivity index (χ0v) is 19.5. The maximum absolute atomic E-state index is 13.3. The molecule has 0 aliphatic carbocycles. The first-order valence-corrected chi connectivity index (χ1v) is 11.5. The minimum atomic E-state index is -0.104. The Balaban J connectivity index is 1.44. The summed E-state index contributed by atoms with van der Waals surface area (Å²) in [6.45, 7) is 6.77. The van der Waals surface area contributed by atoms with E-state index in [1.165, 1.54) is 5.69 Å². The molecule has 7 nitrogen and oxygen atoms in total. The van der Waals surface area contributed by atoms with Crippen molar-refractivity contribution in [1.29, 1.82) is 0 Å². The molecule has 0 atom stereocenters. The number of amides is 1. The molecular weight excluding hydrogens is 436 g/mol. The van der Waals surface area contributed by atoms with Gasteiger partial charge < -0.3 is 9.80 Å². The predicted molar refractivity (Wildman–Crippen MR) is 130 cm³/mol. The number of aromatic nitrogens is 4. The van der Waals surface area contributed by atoms with Crippen LogP contribution in [0.4, 0.5) is 5.69 Å². The molecule has 0 radical (unpaired) electrons. The summed E-state index contributed by atoms with van der Waals surface area (Å²) in [6, 6.07) is 17.9. The van der Waals surface area contributed by atoms with Crippen LogP contribution in [0.15, 0.2) is 54.6 Å². The van der Waals surface area contributed by atoms with E-state index in [1.807, 2.05) is 54.3 Å². The Morgan fingerprint density at radius 3 is 2.45 bits per heavy atom. The van der Waals surface area contributed by atoms with Crippen LogP contribution in [0.5, 0.6) is 0 Å². The zero-order chi connectivity index (χ0) is 22.9. The number of benzene rings is 2. The summed E-state index contributed by atoms with van der Waals surface area (Å²) < 4.78 is 1.75. The number of nitrogens with zero attached hydrogens (tertiary/aromatic N) is 6. The lowest BCUT2D eigenvalue weighted by atomic mass is 10.0. The normalized spacial score (nSPS) is 14.2. The molecule has 1 amide bonds. The summed E-state index contributed by atoms with van der Waals surface area (Å²) in [7, 11) is 0. The van der Waals surface area contributed by atoms with Crippen LogP contribution in [0.25, 0.3) is 16.8 Å². The SMILES string of the molecule is CCc1nn2c(C)c(C(=O)N3CCN(c4ccccc4)CC3)nnc2c1-c1cccc(Cl)c1. The standard InChI is InChI=1S/C25H25ClN6O/c1-3-21-22(18-8-7-9-19(26)16-18)24-28-27-23(17(2)32(24)29-21)25(33)31-14-12-30(13-15-31)20-10-5-4-6-11-20/h4-11,16H,3,12-15H2,1-2H3. The second kappa shape index (κ2) is 8.83. The van der Waals surface area contributed by atoms with E-state index in [9.17, 15) is 4.79 Å². The van der Waals surface area contributed by atoms with Crippen LogP contribution in [0, 0.1) is 6.92 Å². The lowest BCUT2D eigenvalue weighted by molar-refractivity contribution is 0.0738. The van der Waals surface area contributed by atoms with Crippen LogP contribution in [0.2, 0.25) is 5.02 Å². The van der Waals surface area contributed by atoms with E-state index in [0.29, 0.717) is 35.1 Å². The highest BCUT2D eigenvalue weighted by Crippen LogP contribution is 2.30. The predicted octanol–water partition coefficient (Wildman–Crippen LogP) is 4.28. The van der Waals surface area contributed by atoms with Gasteiger partial charge in [0.15, 0.2) is 11.3 Å². The van der Waals surface area contributed by atoms with Gasteiger partial charge in [-0.3, -0.25) is 4.79 Å². The molecule has 0 unspecified atom stereocenters. The number of hydrogen-bond acceptors (Lipinski definition) is 5. The Morgan fingerprint density at radius 2 is 1.76 bits per heavy atom. The number of rotatable bonds is 4.